The van der Waals surface area contributed by atoms with Gasteiger partial charge in [-0.2, -0.15) is 0 Å². The molecular weight excluding hydrogens is 260 g/mol. The van der Waals surface area contributed by atoms with E-state index >= 15 is 0 Å². The van der Waals surface area contributed by atoms with Crippen LogP contribution in [0.2, 0.25) is 0 Å². The molecule has 0 unspecified atom stereocenters. The maximum absolute atomic E-state index is 12.7. The Bertz CT molecular complexity index is 528. The average molecular weight is 286 g/mol. The molecule has 1 aromatic carbocycles. The number of amides is 1. The smallest absolute Gasteiger partial charge is 0.226 e. The highest BCUT2D eigenvalue weighted by molar-refractivity contribution is 5.80. The average Bonchev–Trinajstić information content (AvgIpc) is 3.05. The van der Waals surface area contributed by atoms with Crippen molar-refractivity contribution in [1.82, 2.24) is 4.90 Å². The summed E-state index contributed by atoms with van der Waals surface area (Å²) in [4.78, 5) is 14.8. The van der Waals surface area contributed by atoms with Crippen molar-refractivity contribution in [3.05, 3.63) is 35.4 Å². The second kappa shape index (κ2) is 5.80. The first-order valence-electron chi connectivity index (χ1n) is 8.18. The van der Waals surface area contributed by atoms with Gasteiger partial charge in [0.1, 0.15) is 0 Å². The summed E-state index contributed by atoms with van der Waals surface area (Å²) in [5.41, 5.74) is 8.71. The first kappa shape index (κ1) is 14.6. The molecule has 1 amide bonds. The number of hydrogen-bond donors (Lipinski definition) is 1. The van der Waals surface area contributed by atoms with E-state index < -0.39 is 0 Å². The zero-order chi connectivity index (χ0) is 15.0. The number of carbonyl (C=O) groups is 1. The Morgan fingerprint density at radius 2 is 2.00 bits per heavy atom. The number of nitrogens with two attached hydrogens (primary N) is 1. The van der Waals surface area contributed by atoms with Crippen molar-refractivity contribution >= 4 is 5.91 Å². The Kier molecular flexibility index (Phi) is 4.03. The van der Waals surface area contributed by atoms with E-state index in [0.29, 0.717) is 17.9 Å². The largest absolute Gasteiger partial charge is 0.339 e. The topological polar surface area (TPSA) is 46.3 Å². The van der Waals surface area contributed by atoms with Gasteiger partial charge in [-0.3, -0.25) is 4.79 Å². The van der Waals surface area contributed by atoms with Crippen molar-refractivity contribution in [2.45, 2.75) is 57.5 Å². The highest BCUT2D eigenvalue weighted by atomic mass is 16.2. The molecular formula is C18H26N2O. The van der Waals surface area contributed by atoms with Gasteiger partial charge in [-0.25, -0.2) is 0 Å². The van der Waals surface area contributed by atoms with Crippen LogP contribution in [0.25, 0.3) is 0 Å². The van der Waals surface area contributed by atoms with Crippen LogP contribution in [0.3, 0.4) is 0 Å². The lowest BCUT2D eigenvalue weighted by Crippen LogP contribution is -2.38. The Balaban J connectivity index is 1.71. The van der Waals surface area contributed by atoms with Crippen LogP contribution >= 0.6 is 0 Å². The van der Waals surface area contributed by atoms with Gasteiger partial charge in [-0.1, -0.05) is 24.3 Å². The molecule has 0 bridgehead atoms. The normalized spacial score (nSPS) is 32.6. The molecule has 4 atom stereocenters. The summed E-state index contributed by atoms with van der Waals surface area (Å²) < 4.78 is 0. The molecule has 1 heterocycles. The minimum absolute atomic E-state index is 0.165. The van der Waals surface area contributed by atoms with Gasteiger partial charge >= 0.3 is 0 Å². The predicted molar refractivity (Wildman–Crippen MR) is 85.0 cm³/mol. The van der Waals surface area contributed by atoms with Crippen molar-refractivity contribution < 1.29 is 4.79 Å². The number of aryl methyl sites for hydroxylation is 1. The van der Waals surface area contributed by atoms with Crippen LogP contribution in [0.4, 0.5) is 0 Å². The Labute approximate surface area is 127 Å². The molecule has 0 aromatic heterocycles. The Morgan fingerprint density at radius 3 is 2.67 bits per heavy atom. The van der Waals surface area contributed by atoms with Crippen LogP contribution in [-0.2, 0) is 4.79 Å². The number of likely N-dealkylation sites (tertiary alicyclic amines) is 1. The molecule has 1 saturated carbocycles. The van der Waals surface area contributed by atoms with Crippen LogP contribution < -0.4 is 5.73 Å². The van der Waals surface area contributed by atoms with Crippen LogP contribution in [-0.4, -0.2) is 29.4 Å². The molecule has 0 radical (unpaired) electrons. The Hall–Kier alpha value is -1.35. The van der Waals surface area contributed by atoms with Gasteiger partial charge in [0, 0.05) is 30.5 Å². The van der Waals surface area contributed by atoms with E-state index in [1.165, 1.54) is 11.1 Å². The molecule has 1 aliphatic carbocycles. The van der Waals surface area contributed by atoms with Crippen LogP contribution in [0.5, 0.6) is 0 Å². The van der Waals surface area contributed by atoms with Crippen molar-refractivity contribution in [3.8, 4) is 0 Å². The van der Waals surface area contributed by atoms with E-state index in [-0.39, 0.29) is 12.0 Å². The molecule has 2 aliphatic rings. The number of carbonyl (C=O) groups excluding carboxylic acids is 1. The minimum atomic E-state index is 0.165. The summed E-state index contributed by atoms with van der Waals surface area (Å²) >= 11 is 0. The monoisotopic (exact) mass is 286 g/mol. The molecule has 2 N–H and O–H groups in total. The molecule has 21 heavy (non-hydrogen) atoms. The lowest BCUT2D eigenvalue weighted by Gasteiger charge is -2.25. The van der Waals surface area contributed by atoms with E-state index in [0.717, 1.165) is 32.2 Å². The molecule has 1 saturated heterocycles. The summed E-state index contributed by atoms with van der Waals surface area (Å²) in [5.74, 6) is 0.991. The fraction of sp³-hybridized carbons (Fsp3) is 0.611. The first-order valence-corrected chi connectivity index (χ1v) is 8.18. The minimum Gasteiger partial charge on any atom is -0.339 e. The zero-order valence-electron chi connectivity index (χ0n) is 13.1. The van der Waals surface area contributed by atoms with E-state index in [1.807, 2.05) is 0 Å². The number of rotatable bonds is 2. The molecule has 3 rings (SSSR count). The SMILES string of the molecule is Cc1ccccc1[C@@H]1C[C@H](C)N(C(=O)[C@@H]2CC[C@@H](N)C2)C1. The quantitative estimate of drug-likeness (QED) is 0.908. The molecule has 1 aromatic rings. The van der Waals surface area contributed by atoms with E-state index in [2.05, 4.69) is 43.0 Å². The second-order valence-electron chi connectivity index (χ2n) is 6.90. The van der Waals surface area contributed by atoms with Gasteiger partial charge in [0.15, 0.2) is 0 Å². The van der Waals surface area contributed by atoms with Gasteiger partial charge in [-0.05, 0) is 50.7 Å². The van der Waals surface area contributed by atoms with Gasteiger partial charge in [0.25, 0.3) is 0 Å². The van der Waals surface area contributed by atoms with Crippen LogP contribution in [0.15, 0.2) is 24.3 Å². The van der Waals surface area contributed by atoms with E-state index in [4.69, 9.17) is 5.73 Å². The summed E-state index contributed by atoms with van der Waals surface area (Å²) in [6.07, 6.45) is 3.92. The molecule has 0 spiro atoms. The third kappa shape index (κ3) is 2.84. The first-order chi connectivity index (χ1) is 10.1. The van der Waals surface area contributed by atoms with Crippen LogP contribution in [0, 0.1) is 12.8 Å². The fourth-order valence-electron chi connectivity index (χ4n) is 4.08. The number of benzene rings is 1. The van der Waals surface area contributed by atoms with Gasteiger partial charge in [0.05, 0.1) is 0 Å². The van der Waals surface area contributed by atoms with Gasteiger partial charge in [-0.15, -0.1) is 0 Å². The van der Waals surface area contributed by atoms with E-state index in [1.54, 1.807) is 0 Å². The molecule has 114 valence electrons. The zero-order valence-corrected chi connectivity index (χ0v) is 13.1. The predicted octanol–water partition coefficient (Wildman–Crippen LogP) is 2.83. The third-order valence-electron chi connectivity index (χ3n) is 5.31. The third-order valence-corrected chi connectivity index (χ3v) is 5.31. The van der Waals surface area contributed by atoms with Crippen LogP contribution in [0.1, 0.15) is 49.7 Å². The van der Waals surface area contributed by atoms with Crippen molar-refractivity contribution in [3.63, 3.8) is 0 Å². The fourth-order valence-corrected chi connectivity index (χ4v) is 4.08. The van der Waals surface area contributed by atoms with Gasteiger partial charge < -0.3 is 10.6 Å². The Morgan fingerprint density at radius 1 is 1.24 bits per heavy atom. The summed E-state index contributed by atoms with van der Waals surface area (Å²) in [6, 6.07) is 9.14. The van der Waals surface area contributed by atoms with Crippen molar-refractivity contribution in [2.75, 3.05) is 6.54 Å². The number of hydrogen-bond acceptors (Lipinski definition) is 2. The standard InChI is InChI=1S/C18H26N2O/c1-12-5-3-4-6-17(12)15-9-13(2)20(11-15)18(21)14-7-8-16(19)10-14/h3-6,13-16H,7-11,19H2,1-2H3/t13-,14+,15+,16+/m0/s1. The van der Waals surface area contributed by atoms with Crippen molar-refractivity contribution in [1.29, 1.82) is 0 Å². The molecule has 2 fully saturated rings. The highest BCUT2D eigenvalue weighted by Crippen LogP contribution is 2.36. The maximum Gasteiger partial charge on any atom is 0.226 e. The lowest BCUT2D eigenvalue weighted by molar-refractivity contribution is -0.135. The second-order valence-corrected chi connectivity index (χ2v) is 6.90. The highest BCUT2D eigenvalue weighted by Gasteiger charge is 2.38. The molecule has 3 nitrogen and oxygen atoms in total. The maximum atomic E-state index is 12.7. The van der Waals surface area contributed by atoms with E-state index in [9.17, 15) is 4.79 Å². The van der Waals surface area contributed by atoms with Gasteiger partial charge in [0.2, 0.25) is 5.91 Å². The van der Waals surface area contributed by atoms with Crippen molar-refractivity contribution in [2.24, 2.45) is 11.7 Å². The molecule has 1 aliphatic heterocycles. The lowest BCUT2D eigenvalue weighted by atomic mass is 9.93. The molecule has 3 heteroatoms. The summed E-state index contributed by atoms with van der Waals surface area (Å²) in [6.45, 7) is 5.22. The summed E-state index contributed by atoms with van der Waals surface area (Å²) in [5, 5.41) is 0. The summed E-state index contributed by atoms with van der Waals surface area (Å²) in [7, 11) is 0. The number of nitrogens with zero attached hydrogens (tertiary/aromatic N) is 1.